The monoisotopic (exact) mass is 432 g/mol. The highest BCUT2D eigenvalue weighted by molar-refractivity contribution is 6.33. The number of nitrogens with zero attached hydrogens (tertiary/aromatic N) is 1. The van der Waals surface area contributed by atoms with Gasteiger partial charge in [0.1, 0.15) is 6.04 Å². The predicted molar refractivity (Wildman–Crippen MR) is 121 cm³/mol. The number of aromatic amines is 1. The zero-order valence-corrected chi connectivity index (χ0v) is 17.4. The number of carbonyl (C=O) groups excluding carboxylic acids is 2. The van der Waals surface area contributed by atoms with Gasteiger partial charge in [-0.1, -0.05) is 48.0 Å². The number of pyridine rings is 1. The van der Waals surface area contributed by atoms with Gasteiger partial charge in [0.15, 0.2) is 0 Å². The van der Waals surface area contributed by atoms with Crippen LogP contribution in [0.4, 0.5) is 0 Å². The minimum Gasteiger partial charge on any atom is -0.361 e. The molecule has 0 aliphatic rings. The molecule has 0 bridgehead atoms. The van der Waals surface area contributed by atoms with Gasteiger partial charge in [-0.25, -0.2) is 0 Å². The molecule has 7 heteroatoms. The van der Waals surface area contributed by atoms with E-state index in [9.17, 15) is 9.59 Å². The van der Waals surface area contributed by atoms with Crippen molar-refractivity contribution >= 4 is 34.3 Å². The number of amides is 2. The molecule has 0 aliphatic heterocycles. The molecule has 156 valence electrons. The van der Waals surface area contributed by atoms with Crippen molar-refractivity contribution in [1.29, 1.82) is 0 Å². The number of carbonyl (C=O) groups is 2. The van der Waals surface area contributed by atoms with E-state index in [2.05, 4.69) is 20.6 Å². The minimum atomic E-state index is -0.778. The Kier molecular flexibility index (Phi) is 6.29. The van der Waals surface area contributed by atoms with Crippen molar-refractivity contribution in [3.63, 3.8) is 0 Å². The van der Waals surface area contributed by atoms with Crippen LogP contribution in [0.25, 0.3) is 10.9 Å². The van der Waals surface area contributed by atoms with Crippen LogP contribution in [0.1, 0.15) is 21.5 Å². The van der Waals surface area contributed by atoms with Crippen LogP contribution in [0, 0.1) is 0 Å². The summed E-state index contributed by atoms with van der Waals surface area (Å²) in [6.45, 7) is 0.318. The third-order valence-electron chi connectivity index (χ3n) is 5.03. The van der Waals surface area contributed by atoms with Crippen LogP contribution < -0.4 is 10.6 Å². The van der Waals surface area contributed by atoms with Gasteiger partial charge in [-0.2, -0.15) is 0 Å². The van der Waals surface area contributed by atoms with E-state index in [0.29, 0.717) is 23.6 Å². The van der Waals surface area contributed by atoms with Crippen LogP contribution in [-0.2, 0) is 17.8 Å². The van der Waals surface area contributed by atoms with E-state index >= 15 is 0 Å². The number of halogens is 1. The fourth-order valence-corrected chi connectivity index (χ4v) is 3.65. The highest BCUT2D eigenvalue weighted by atomic mass is 35.5. The molecule has 0 radical (unpaired) electrons. The molecule has 0 saturated carbocycles. The van der Waals surface area contributed by atoms with Crippen molar-refractivity contribution in [3.05, 3.63) is 101 Å². The molecule has 0 saturated heterocycles. The first-order chi connectivity index (χ1) is 15.1. The Labute approximate surface area is 184 Å². The number of hydrogen-bond acceptors (Lipinski definition) is 3. The summed E-state index contributed by atoms with van der Waals surface area (Å²) in [5, 5.41) is 7.09. The normalized spacial score (nSPS) is 11.8. The number of nitrogens with one attached hydrogen (secondary N) is 3. The van der Waals surface area contributed by atoms with E-state index in [-0.39, 0.29) is 5.91 Å². The van der Waals surface area contributed by atoms with Gasteiger partial charge >= 0.3 is 0 Å². The average molecular weight is 433 g/mol. The van der Waals surface area contributed by atoms with Crippen molar-refractivity contribution in [1.82, 2.24) is 20.6 Å². The number of rotatable bonds is 7. The Bertz CT molecular complexity index is 1210. The lowest BCUT2D eigenvalue weighted by molar-refractivity contribution is -0.123. The molecule has 2 amide bonds. The molecular formula is C24H21ClN4O2. The molecule has 0 aliphatic carbocycles. The molecule has 31 heavy (non-hydrogen) atoms. The number of para-hydroxylation sites is 1. The summed E-state index contributed by atoms with van der Waals surface area (Å²) in [7, 11) is 0. The molecule has 0 spiro atoms. The smallest absolute Gasteiger partial charge is 0.253 e. The molecule has 2 heterocycles. The first-order valence-electron chi connectivity index (χ1n) is 9.89. The van der Waals surface area contributed by atoms with E-state index in [1.165, 1.54) is 0 Å². The molecule has 0 fully saturated rings. The first kappa shape index (κ1) is 20.6. The Morgan fingerprint density at radius 1 is 1.03 bits per heavy atom. The maximum atomic E-state index is 13.0. The van der Waals surface area contributed by atoms with Gasteiger partial charge in [0.2, 0.25) is 5.91 Å². The summed E-state index contributed by atoms with van der Waals surface area (Å²) in [4.78, 5) is 33.2. The first-order valence-corrected chi connectivity index (χ1v) is 10.3. The summed E-state index contributed by atoms with van der Waals surface area (Å²) >= 11 is 6.17. The summed E-state index contributed by atoms with van der Waals surface area (Å²) in [5.41, 5.74) is 3.12. The summed E-state index contributed by atoms with van der Waals surface area (Å²) < 4.78 is 0. The van der Waals surface area contributed by atoms with Gasteiger partial charge in [-0.15, -0.1) is 0 Å². The van der Waals surface area contributed by atoms with Gasteiger partial charge in [-0.05, 0) is 35.4 Å². The van der Waals surface area contributed by atoms with Gasteiger partial charge in [-0.3, -0.25) is 14.6 Å². The molecular weight excluding hydrogens is 412 g/mol. The van der Waals surface area contributed by atoms with Gasteiger partial charge < -0.3 is 15.6 Å². The van der Waals surface area contributed by atoms with Gasteiger partial charge in [0, 0.05) is 42.5 Å². The van der Waals surface area contributed by atoms with Crippen LogP contribution >= 0.6 is 11.6 Å². The lowest BCUT2D eigenvalue weighted by Gasteiger charge is -2.19. The third-order valence-corrected chi connectivity index (χ3v) is 5.36. The summed E-state index contributed by atoms with van der Waals surface area (Å²) in [5.74, 6) is -0.679. The standard InChI is InChI=1S/C24H21ClN4O2/c25-20-9-3-1-8-19(20)23(30)29-22(24(31)28-14-16-6-5-11-26-13-16)12-17-15-27-21-10-4-2-7-18(17)21/h1-11,13,15,22,27H,12,14H2,(H,28,31)(H,29,30)/t22-/m0/s1. The SMILES string of the molecule is O=C(N[C@@H](Cc1c[nH]c2ccccc12)C(=O)NCc1cccnc1)c1ccccc1Cl. The molecule has 2 aromatic heterocycles. The molecule has 6 nitrogen and oxygen atoms in total. The minimum absolute atomic E-state index is 0.283. The zero-order valence-electron chi connectivity index (χ0n) is 16.6. The second-order valence-corrected chi connectivity index (χ2v) is 7.56. The van der Waals surface area contributed by atoms with Gasteiger partial charge in [0.05, 0.1) is 10.6 Å². The van der Waals surface area contributed by atoms with E-state index in [0.717, 1.165) is 22.0 Å². The maximum Gasteiger partial charge on any atom is 0.253 e. The highest BCUT2D eigenvalue weighted by Crippen LogP contribution is 2.20. The van der Waals surface area contributed by atoms with E-state index in [1.54, 1.807) is 36.7 Å². The Hall–Kier alpha value is -3.64. The van der Waals surface area contributed by atoms with Gasteiger partial charge in [0.25, 0.3) is 5.91 Å². The molecule has 3 N–H and O–H groups in total. The molecule has 2 aromatic carbocycles. The Morgan fingerprint density at radius 2 is 1.84 bits per heavy atom. The second kappa shape index (κ2) is 9.45. The largest absolute Gasteiger partial charge is 0.361 e. The van der Waals surface area contributed by atoms with Crippen molar-refractivity contribution in [2.24, 2.45) is 0 Å². The number of hydrogen-bond donors (Lipinski definition) is 3. The summed E-state index contributed by atoms with van der Waals surface area (Å²) in [6, 6.07) is 17.5. The maximum absolute atomic E-state index is 13.0. The average Bonchev–Trinajstić information content (AvgIpc) is 3.21. The fourth-order valence-electron chi connectivity index (χ4n) is 3.43. The lowest BCUT2D eigenvalue weighted by Crippen LogP contribution is -2.47. The Morgan fingerprint density at radius 3 is 2.65 bits per heavy atom. The number of H-pyrrole nitrogens is 1. The lowest BCUT2D eigenvalue weighted by atomic mass is 10.0. The number of aromatic nitrogens is 2. The van der Waals surface area contributed by atoms with Crippen LogP contribution in [0.3, 0.4) is 0 Å². The van der Waals surface area contributed by atoms with Crippen molar-refractivity contribution in [2.45, 2.75) is 19.0 Å². The van der Waals surface area contributed by atoms with Crippen molar-refractivity contribution in [2.75, 3.05) is 0 Å². The van der Waals surface area contributed by atoms with E-state index in [1.807, 2.05) is 42.6 Å². The van der Waals surface area contributed by atoms with E-state index < -0.39 is 11.9 Å². The molecule has 4 rings (SSSR count). The van der Waals surface area contributed by atoms with Crippen LogP contribution in [0.15, 0.2) is 79.3 Å². The van der Waals surface area contributed by atoms with Crippen molar-refractivity contribution < 1.29 is 9.59 Å². The van der Waals surface area contributed by atoms with Crippen LogP contribution in [0.5, 0.6) is 0 Å². The molecule has 4 aromatic rings. The van der Waals surface area contributed by atoms with Crippen LogP contribution in [0.2, 0.25) is 5.02 Å². The quantitative estimate of drug-likeness (QED) is 0.414. The summed E-state index contributed by atoms with van der Waals surface area (Å²) in [6.07, 6.45) is 5.57. The third kappa shape index (κ3) is 4.92. The number of benzene rings is 2. The number of fused-ring (bicyclic) bond motifs is 1. The van der Waals surface area contributed by atoms with E-state index in [4.69, 9.17) is 11.6 Å². The van der Waals surface area contributed by atoms with Crippen molar-refractivity contribution in [3.8, 4) is 0 Å². The Balaban J connectivity index is 1.55. The molecule has 0 unspecified atom stereocenters. The molecule has 1 atom stereocenters. The highest BCUT2D eigenvalue weighted by Gasteiger charge is 2.24. The topological polar surface area (TPSA) is 86.9 Å². The van der Waals surface area contributed by atoms with Crippen LogP contribution in [-0.4, -0.2) is 27.8 Å². The zero-order chi connectivity index (χ0) is 21.6. The fraction of sp³-hybridized carbons (Fsp3) is 0.125. The second-order valence-electron chi connectivity index (χ2n) is 7.15. The predicted octanol–water partition coefficient (Wildman–Crippen LogP) is 3.87.